The Morgan fingerprint density at radius 2 is 1.95 bits per heavy atom. The number of nitrogens with zero attached hydrogens (tertiary/aromatic N) is 1. The van der Waals surface area contributed by atoms with Crippen LogP contribution in [-0.4, -0.2) is 37.6 Å². The highest BCUT2D eigenvalue weighted by atomic mass is 35.5. The van der Waals surface area contributed by atoms with Gasteiger partial charge in [-0.05, 0) is 49.3 Å². The smallest absolute Gasteiger partial charge is 0.222 e. The summed E-state index contributed by atoms with van der Waals surface area (Å²) < 4.78 is 5.36. The van der Waals surface area contributed by atoms with E-state index >= 15 is 0 Å². The summed E-state index contributed by atoms with van der Waals surface area (Å²) in [6.07, 6.45) is 4.69. The zero-order chi connectivity index (χ0) is 15.1. The average molecular weight is 310 g/mol. The predicted octanol–water partition coefficient (Wildman–Crippen LogP) is 3.55. The van der Waals surface area contributed by atoms with Gasteiger partial charge < -0.3 is 9.64 Å². The van der Waals surface area contributed by atoms with Crippen molar-refractivity contribution in [1.82, 2.24) is 4.90 Å². The van der Waals surface area contributed by atoms with Gasteiger partial charge in [0.15, 0.2) is 0 Å². The minimum Gasteiger partial charge on any atom is -0.381 e. The molecule has 2 rings (SSSR count). The number of benzene rings is 1. The number of hydrogen-bond donors (Lipinski definition) is 0. The van der Waals surface area contributed by atoms with Crippen molar-refractivity contribution in [2.75, 3.05) is 26.8 Å². The fourth-order valence-electron chi connectivity index (χ4n) is 2.63. The number of carbonyl (C=O) groups excluding carboxylic acids is 1. The van der Waals surface area contributed by atoms with Crippen LogP contribution < -0.4 is 0 Å². The zero-order valence-electron chi connectivity index (χ0n) is 12.7. The molecule has 21 heavy (non-hydrogen) atoms. The summed E-state index contributed by atoms with van der Waals surface area (Å²) >= 11 is 5.86. The van der Waals surface area contributed by atoms with E-state index in [1.54, 1.807) is 0 Å². The van der Waals surface area contributed by atoms with Crippen molar-refractivity contribution in [3.8, 4) is 0 Å². The summed E-state index contributed by atoms with van der Waals surface area (Å²) in [5, 5.41) is 0.735. The molecule has 0 atom stereocenters. The first-order valence-electron chi connectivity index (χ1n) is 7.71. The van der Waals surface area contributed by atoms with Crippen LogP contribution in [0.15, 0.2) is 24.3 Å². The third-order valence-corrected chi connectivity index (χ3v) is 4.43. The van der Waals surface area contributed by atoms with Gasteiger partial charge in [-0.2, -0.15) is 0 Å². The SMILES string of the molecule is CN(CCC1CCOCC1)C(=O)CCc1ccc(Cl)cc1. The predicted molar refractivity (Wildman–Crippen MR) is 85.6 cm³/mol. The Morgan fingerprint density at radius 1 is 1.29 bits per heavy atom. The Morgan fingerprint density at radius 3 is 2.62 bits per heavy atom. The van der Waals surface area contributed by atoms with E-state index in [4.69, 9.17) is 16.3 Å². The Balaban J connectivity index is 1.68. The molecule has 1 heterocycles. The van der Waals surface area contributed by atoms with Gasteiger partial charge in [0.1, 0.15) is 0 Å². The molecule has 1 aromatic rings. The molecule has 1 aliphatic heterocycles. The van der Waals surface area contributed by atoms with Crippen molar-refractivity contribution >= 4 is 17.5 Å². The van der Waals surface area contributed by atoms with Crippen molar-refractivity contribution in [1.29, 1.82) is 0 Å². The fraction of sp³-hybridized carbons (Fsp3) is 0.588. The molecule has 4 heteroatoms. The van der Waals surface area contributed by atoms with Crippen LogP contribution >= 0.6 is 11.6 Å². The summed E-state index contributed by atoms with van der Waals surface area (Å²) in [6, 6.07) is 7.71. The number of halogens is 1. The van der Waals surface area contributed by atoms with Crippen molar-refractivity contribution in [3.05, 3.63) is 34.9 Å². The molecule has 0 radical (unpaired) electrons. The fourth-order valence-corrected chi connectivity index (χ4v) is 2.76. The molecule has 1 amide bonds. The van der Waals surface area contributed by atoms with Gasteiger partial charge >= 0.3 is 0 Å². The second kappa shape index (κ2) is 8.40. The first-order chi connectivity index (χ1) is 10.1. The van der Waals surface area contributed by atoms with Crippen LogP contribution in [0.4, 0.5) is 0 Å². The van der Waals surface area contributed by atoms with E-state index in [1.165, 1.54) is 0 Å². The monoisotopic (exact) mass is 309 g/mol. The number of ether oxygens (including phenoxy) is 1. The third-order valence-electron chi connectivity index (χ3n) is 4.18. The lowest BCUT2D eigenvalue weighted by Gasteiger charge is -2.25. The third kappa shape index (κ3) is 5.68. The van der Waals surface area contributed by atoms with Crippen LogP contribution in [0.25, 0.3) is 0 Å². The summed E-state index contributed by atoms with van der Waals surface area (Å²) in [4.78, 5) is 14.0. The van der Waals surface area contributed by atoms with E-state index in [-0.39, 0.29) is 5.91 Å². The zero-order valence-corrected chi connectivity index (χ0v) is 13.4. The Kier molecular flexibility index (Phi) is 6.52. The summed E-state index contributed by atoms with van der Waals surface area (Å²) in [6.45, 7) is 2.60. The molecule has 0 saturated carbocycles. The molecule has 0 aliphatic carbocycles. The number of rotatable bonds is 6. The van der Waals surface area contributed by atoms with E-state index in [2.05, 4.69) is 0 Å². The van der Waals surface area contributed by atoms with Crippen molar-refractivity contribution in [2.24, 2.45) is 5.92 Å². The maximum atomic E-state index is 12.1. The second-order valence-electron chi connectivity index (χ2n) is 5.79. The highest BCUT2D eigenvalue weighted by Gasteiger charge is 2.16. The molecule has 0 N–H and O–H groups in total. The molecule has 3 nitrogen and oxygen atoms in total. The normalized spacial score (nSPS) is 15.9. The summed E-state index contributed by atoms with van der Waals surface area (Å²) in [5.74, 6) is 0.933. The van der Waals surface area contributed by atoms with Crippen LogP contribution in [0.3, 0.4) is 0 Å². The average Bonchev–Trinajstić information content (AvgIpc) is 2.52. The van der Waals surface area contributed by atoms with Gasteiger partial charge in [-0.25, -0.2) is 0 Å². The number of amides is 1. The first-order valence-corrected chi connectivity index (χ1v) is 8.09. The van der Waals surface area contributed by atoms with E-state index in [0.29, 0.717) is 12.3 Å². The van der Waals surface area contributed by atoms with Crippen LogP contribution in [0, 0.1) is 5.92 Å². The minimum absolute atomic E-state index is 0.219. The van der Waals surface area contributed by atoms with E-state index in [9.17, 15) is 4.79 Å². The molecule has 0 unspecified atom stereocenters. The van der Waals surface area contributed by atoms with Gasteiger partial charge in [-0.3, -0.25) is 4.79 Å². The van der Waals surface area contributed by atoms with Gasteiger partial charge in [-0.15, -0.1) is 0 Å². The number of aryl methyl sites for hydroxylation is 1. The molecule has 0 spiro atoms. The quantitative estimate of drug-likeness (QED) is 0.804. The number of hydrogen-bond acceptors (Lipinski definition) is 2. The molecule has 0 bridgehead atoms. The minimum atomic E-state index is 0.219. The van der Waals surface area contributed by atoms with Crippen molar-refractivity contribution in [2.45, 2.75) is 32.1 Å². The van der Waals surface area contributed by atoms with Crippen LogP contribution in [0.1, 0.15) is 31.2 Å². The van der Waals surface area contributed by atoms with Gasteiger partial charge in [0, 0.05) is 38.2 Å². The van der Waals surface area contributed by atoms with Crippen LogP contribution in [0.5, 0.6) is 0 Å². The number of carbonyl (C=O) groups is 1. The largest absolute Gasteiger partial charge is 0.381 e. The van der Waals surface area contributed by atoms with Gasteiger partial charge in [-0.1, -0.05) is 23.7 Å². The van der Waals surface area contributed by atoms with E-state index < -0.39 is 0 Å². The molecule has 1 aromatic carbocycles. The standard InChI is InChI=1S/C17H24ClNO2/c1-19(11-8-15-9-12-21-13-10-15)17(20)7-4-14-2-5-16(18)6-3-14/h2-3,5-6,15H,4,7-13H2,1H3. The highest BCUT2D eigenvalue weighted by molar-refractivity contribution is 6.30. The van der Waals surface area contributed by atoms with Crippen molar-refractivity contribution in [3.63, 3.8) is 0 Å². The van der Waals surface area contributed by atoms with Gasteiger partial charge in [0.05, 0.1) is 0 Å². The summed E-state index contributed by atoms with van der Waals surface area (Å²) in [7, 11) is 1.91. The van der Waals surface area contributed by atoms with E-state index in [1.807, 2.05) is 36.2 Å². The maximum absolute atomic E-state index is 12.1. The highest BCUT2D eigenvalue weighted by Crippen LogP contribution is 2.18. The molecule has 116 valence electrons. The van der Waals surface area contributed by atoms with Crippen LogP contribution in [-0.2, 0) is 16.0 Å². The molecular weight excluding hydrogens is 286 g/mol. The first kappa shape index (κ1) is 16.3. The molecule has 1 fully saturated rings. The second-order valence-corrected chi connectivity index (χ2v) is 6.22. The Bertz CT molecular complexity index is 441. The lowest BCUT2D eigenvalue weighted by Crippen LogP contribution is -2.30. The lowest BCUT2D eigenvalue weighted by molar-refractivity contribution is -0.130. The molecule has 1 aliphatic rings. The van der Waals surface area contributed by atoms with Gasteiger partial charge in [0.25, 0.3) is 0 Å². The lowest BCUT2D eigenvalue weighted by atomic mass is 9.96. The molecule has 0 aromatic heterocycles. The molecular formula is C17H24ClNO2. The van der Waals surface area contributed by atoms with Crippen LogP contribution in [0.2, 0.25) is 5.02 Å². The topological polar surface area (TPSA) is 29.5 Å². The van der Waals surface area contributed by atoms with Gasteiger partial charge in [0.2, 0.25) is 5.91 Å². The molecule has 1 saturated heterocycles. The maximum Gasteiger partial charge on any atom is 0.222 e. The summed E-state index contributed by atoms with van der Waals surface area (Å²) in [5.41, 5.74) is 1.16. The van der Waals surface area contributed by atoms with Crippen molar-refractivity contribution < 1.29 is 9.53 Å². The Hall–Kier alpha value is -1.06. The van der Waals surface area contributed by atoms with E-state index in [0.717, 1.165) is 56.0 Å². The Labute approximate surface area is 132 Å².